The summed E-state index contributed by atoms with van der Waals surface area (Å²) in [5.74, 6) is -1.37. The van der Waals surface area contributed by atoms with Crippen LogP contribution < -0.4 is 10.1 Å². The molecule has 0 aliphatic heterocycles. The lowest BCUT2D eigenvalue weighted by Crippen LogP contribution is -2.05. The van der Waals surface area contributed by atoms with Crippen LogP contribution in [-0.2, 0) is 6.54 Å². The fourth-order valence-corrected chi connectivity index (χ4v) is 2.29. The van der Waals surface area contributed by atoms with Crippen LogP contribution >= 0.6 is 23.2 Å². The summed E-state index contributed by atoms with van der Waals surface area (Å²) in [4.78, 5) is 0. The Bertz CT molecular complexity index is 617. The van der Waals surface area contributed by atoms with Gasteiger partial charge in [-0.25, -0.2) is 4.39 Å². The van der Waals surface area contributed by atoms with E-state index >= 15 is 0 Å². The number of alkyl halides is 2. The van der Waals surface area contributed by atoms with Crippen molar-refractivity contribution in [2.75, 3.05) is 5.32 Å². The normalized spacial score (nSPS) is 10.8. The predicted molar refractivity (Wildman–Crippen MR) is 76.8 cm³/mol. The maximum absolute atomic E-state index is 13.5. The monoisotopic (exact) mass is 335 g/mol. The first-order chi connectivity index (χ1) is 9.94. The average Bonchev–Trinajstić information content (AvgIpc) is 2.38. The SMILES string of the molecule is Fc1cc(NCc2cc(Cl)cc(Cl)c2)ccc1OC(F)F. The Labute approximate surface area is 129 Å². The van der Waals surface area contributed by atoms with Gasteiger partial charge in [0.2, 0.25) is 0 Å². The van der Waals surface area contributed by atoms with Crippen molar-refractivity contribution in [1.82, 2.24) is 0 Å². The van der Waals surface area contributed by atoms with Crippen molar-refractivity contribution in [3.63, 3.8) is 0 Å². The summed E-state index contributed by atoms with van der Waals surface area (Å²) < 4.78 is 41.6. The first-order valence-electron chi connectivity index (χ1n) is 5.87. The van der Waals surface area contributed by atoms with Gasteiger partial charge in [0.25, 0.3) is 0 Å². The highest BCUT2D eigenvalue weighted by atomic mass is 35.5. The van der Waals surface area contributed by atoms with E-state index in [9.17, 15) is 13.2 Å². The fourth-order valence-electron chi connectivity index (χ4n) is 1.72. The number of halogens is 5. The quantitative estimate of drug-likeness (QED) is 0.795. The van der Waals surface area contributed by atoms with Crippen LogP contribution in [0.3, 0.4) is 0 Å². The molecule has 2 aromatic rings. The zero-order valence-electron chi connectivity index (χ0n) is 10.5. The Morgan fingerprint density at radius 3 is 2.29 bits per heavy atom. The van der Waals surface area contributed by atoms with Crippen molar-refractivity contribution in [3.05, 3.63) is 57.8 Å². The minimum absolute atomic E-state index is 0.356. The Kier molecular flexibility index (Phi) is 5.20. The summed E-state index contributed by atoms with van der Waals surface area (Å²) in [6.45, 7) is -2.71. The molecule has 0 fully saturated rings. The van der Waals surface area contributed by atoms with E-state index in [1.165, 1.54) is 6.07 Å². The van der Waals surface area contributed by atoms with Crippen LogP contribution in [0, 0.1) is 5.82 Å². The number of hydrogen-bond donors (Lipinski definition) is 1. The lowest BCUT2D eigenvalue weighted by Gasteiger charge is -2.10. The van der Waals surface area contributed by atoms with Gasteiger partial charge in [-0.15, -0.1) is 0 Å². The largest absolute Gasteiger partial charge is 0.432 e. The maximum Gasteiger partial charge on any atom is 0.387 e. The van der Waals surface area contributed by atoms with Crippen LogP contribution in [0.4, 0.5) is 18.9 Å². The molecule has 0 bridgehead atoms. The van der Waals surface area contributed by atoms with Crippen LogP contribution in [0.15, 0.2) is 36.4 Å². The zero-order valence-corrected chi connectivity index (χ0v) is 12.1. The molecular formula is C14H10Cl2F3NO. The van der Waals surface area contributed by atoms with Gasteiger partial charge in [-0.2, -0.15) is 8.78 Å². The number of rotatable bonds is 5. The smallest absolute Gasteiger partial charge is 0.387 e. The molecule has 0 radical (unpaired) electrons. The third-order valence-electron chi connectivity index (χ3n) is 2.57. The van der Waals surface area contributed by atoms with Crippen LogP contribution in [0.5, 0.6) is 5.75 Å². The van der Waals surface area contributed by atoms with E-state index < -0.39 is 18.2 Å². The van der Waals surface area contributed by atoms with Gasteiger partial charge in [-0.05, 0) is 35.9 Å². The lowest BCUT2D eigenvalue weighted by molar-refractivity contribution is -0.0521. The molecule has 0 amide bonds. The van der Waals surface area contributed by atoms with E-state index in [4.69, 9.17) is 23.2 Å². The van der Waals surface area contributed by atoms with Gasteiger partial charge in [0.05, 0.1) is 0 Å². The average molecular weight is 336 g/mol. The summed E-state index contributed by atoms with van der Waals surface area (Å²) in [5.41, 5.74) is 1.23. The molecule has 0 aliphatic rings. The molecule has 0 saturated carbocycles. The molecule has 7 heteroatoms. The van der Waals surface area contributed by atoms with Crippen LogP contribution in [0.1, 0.15) is 5.56 Å². The fraction of sp³-hybridized carbons (Fsp3) is 0.143. The van der Waals surface area contributed by atoms with Gasteiger partial charge in [-0.1, -0.05) is 23.2 Å². The Balaban J connectivity index is 2.05. The Morgan fingerprint density at radius 2 is 1.71 bits per heavy atom. The van der Waals surface area contributed by atoms with Crippen LogP contribution in [0.25, 0.3) is 0 Å². The lowest BCUT2D eigenvalue weighted by atomic mass is 10.2. The van der Waals surface area contributed by atoms with Crippen molar-refractivity contribution in [2.45, 2.75) is 13.2 Å². The summed E-state index contributed by atoms with van der Waals surface area (Å²) in [6, 6.07) is 8.67. The first-order valence-corrected chi connectivity index (χ1v) is 6.63. The van der Waals surface area contributed by atoms with E-state index in [-0.39, 0.29) is 0 Å². The molecule has 0 aliphatic carbocycles. The minimum atomic E-state index is -3.06. The number of anilines is 1. The third-order valence-corrected chi connectivity index (χ3v) is 3.00. The highest BCUT2D eigenvalue weighted by molar-refractivity contribution is 6.34. The van der Waals surface area contributed by atoms with Gasteiger partial charge < -0.3 is 10.1 Å². The number of ether oxygens (including phenoxy) is 1. The number of hydrogen-bond acceptors (Lipinski definition) is 2. The van der Waals surface area contributed by atoms with Crippen molar-refractivity contribution in [3.8, 4) is 5.75 Å². The molecule has 0 heterocycles. The van der Waals surface area contributed by atoms with Crippen molar-refractivity contribution >= 4 is 28.9 Å². The molecule has 112 valence electrons. The number of benzene rings is 2. The summed E-state index contributed by atoms with van der Waals surface area (Å²) in [7, 11) is 0. The molecule has 2 aromatic carbocycles. The highest BCUT2D eigenvalue weighted by Crippen LogP contribution is 2.24. The molecule has 0 saturated heterocycles. The molecule has 1 N–H and O–H groups in total. The third kappa shape index (κ3) is 4.72. The molecule has 0 aromatic heterocycles. The second kappa shape index (κ2) is 6.91. The van der Waals surface area contributed by atoms with Gasteiger partial charge >= 0.3 is 6.61 Å². The van der Waals surface area contributed by atoms with Crippen molar-refractivity contribution in [2.24, 2.45) is 0 Å². The molecule has 0 unspecified atom stereocenters. The van der Waals surface area contributed by atoms with Gasteiger partial charge in [-0.3, -0.25) is 0 Å². The zero-order chi connectivity index (χ0) is 15.4. The van der Waals surface area contributed by atoms with E-state index in [0.29, 0.717) is 22.3 Å². The second-order valence-corrected chi connectivity index (χ2v) is 5.03. The van der Waals surface area contributed by atoms with E-state index in [1.807, 2.05) is 0 Å². The van der Waals surface area contributed by atoms with Crippen LogP contribution in [-0.4, -0.2) is 6.61 Å². The topological polar surface area (TPSA) is 21.3 Å². The first kappa shape index (κ1) is 15.8. The van der Waals surface area contributed by atoms with E-state index in [2.05, 4.69) is 10.1 Å². The van der Waals surface area contributed by atoms with Gasteiger partial charge in [0, 0.05) is 28.3 Å². The van der Waals surface area contributed by atoms with Crippen molar-refractivity contribution in [1.29, 1.82) is 0 Å². The van der Waals surface area contributed by atoms with Gasteiger partial charge in [0.15, 0.2) is 11.6 Å². The van der Waals surface area contributed by atoms with Crippen LogP contribution in [0.2, 0.25) is 10.0 Å². The van der Waals surface area contributed by atoms with Gasteiger partial charge in [0.1, 0.15) is 0 Å². The minimum Gasteiger partial charge on any atom is -0.432 e. The molecule has 0 spiro atoms. The number of nitrogens with one attached hydrogen (secondary N) is 1. The summed E-state index contributed by atoms with van der Waals surface area (Å²) in [5, 5.41) is 3.92. The maximum atomic E-state index is 13.5. The molecule has 21 heavy (non-hydrogen) atoms. The Morgan fingerprint density at radius 1 is 1.05 bits per heavy atom. The summed E-state index contributed by atoms with van der Waals surface area (Å²) >= 11 is 11.7. The van der Waals surface area contributed by atoms with E-state index in [0.717, 1.165) is 17.7 Å². The summed E-state index contributed by atoms with van der Waals surface area (Å²) in [6.07, 6.45) is 0. The highest BCUT2D eigenvalue weighted by Gasteiger charge is 2.10. The van der Waals surface area contributed by atoms with E-state index in [1.54, 1.807) is 18.2 Å². The Hall–Kier alpha value is -1.59. The standard InChI is InChI=1S/C14H10Cl2F3NO/c15-9-3-8(4-10(16)5-9)7-20-11-1-2-13(12(17)6-11)21-14(18)19/h1-6,14,20H,7H2. The molecular weight excluding hydrogens is 326 g/mol. The molecule has 2 nitrogen and oxygen atoms in total. The molecule has 0 atom stereocenters. The second-order valence-electron chi connectivity index (χ2n) is 4.15. The molecule has 2 rings (SSSR count). The predicted octanol–water partition coefficient (Wildman–Crippen LogP) is 5.35. The van der Waals surface area contributed by atoms with Crippen molar-refractivity contribution < 1.29 is 17.9 Å².